The topological polar surface area (TPSA) is 94.7 Å². The van der Waals surface area contributed by atoms with Gasteiger partial charge in [0.05, 0.1) is 45.6 Å². The molecule has 2 aromatic carbocycles. The highest BCUT2D eigenvalue weighted by Gasteiger charge is 2.39. The van der Waals surface area contributed by atoms with Crippen LogP contribution >= 0.6 is 34.5 Å². The van der Waals surface area contributed by atoms with Crippen molar-refractivity contribution in [2.75, 3.05) is 7.11 Å². The number of halogens is 3. The number of methoxy groups -OCH3 is 1. The lowest BCUT2D eigenvalue weighted by Gasteiger charge is -2.34. The molecule has 6 rings (SSSR count). The maximum atomic E-state index is 14.9. The van der Waals surface area contributed by atoms with Gasteiger partial charge in [-0.3, -0.25) is 0 Å². The van der Waals surface area contributed by atoms with Crippen LogP contribution in [0.15, 0.2) is 34.9 Å². The summed E-state index contributed by atoms with van der Waals surface area (Å²) in [7, 11) is 1.20. The second kappa shape index (κ2) is 10.4. The maximum Gasteiger partial charge on any atom is 0.340 e. The van der Waals surface area contributed by atoms with Gasteiger partial charge >= 0.3 is 5.97 Å². The number of thiazole rings is 1. The number of carbonyl (C=O) groups is 1. The molecule has 0 amide bonds. The van der Waals surface area contributed by atoms with Crippen molar-refractivity contribution in [1.82, 2.24) is 10.1 Å². The first-order valence-electron chi connectivity index (χ1n) is 12.7. The van der Waals surface area contributed by atoms with Crippen LogP contribution in [0.25, 0.3) is 21.5 Å². The van der Waals surface area contributed by atoms with Gasteiger partial charge in [-0.25, -0.2) is 14.2 Å². The molecule has 1 N–H and O–H groups in total. The molecule has 39 heavy (non-hydrogen) atoms. The molecule has 2 aliphatic rings. The summed E-state index contributed by atoms with van der Waals surface area (Å²) >= 11 is 14.0. The van der Waals surface area contributed by atoms with Gasteiger partial charge in [0.15, 0.2) is 5.82 Å². The van der Waals surface area contributed by atoms with E-state index < -0.39 is 17.4 Å². The largest absolute Gasteiger partial charge is 0.465 e. The van der Waals surface area contributed by atoms with E-state index in [2.05, 4.69) is 14.9 Å². The summed E-state index contributed by atoms with van der Waals surface area (Å²) in [6, 6.07) is 8.25. The normalized spacial score (nSPS) is 21.4. The zero-order valence-electron chi connectivity index (χ0n) is 21.0. The molecule has 7 nitrogen and oxygen atoms in total. The van der Waals surface area contributed by atoms with Gasteiger partial charge < -0.3 is 19.1 Å². The van der Waals surface area contributed by atoms with Crippen LogP contribution in [-0.2, 0) is 21.7 Å². The highest BCUT2D eigenvalue weighted by atomic mass is 35.5. The van der Waals surface area contributed by atoms with Crippen molar-refractivity contribution < 1.29 is 28.3 Å². The van der Waals surface area contributed by atoms with Crippen LogP contribution in [0.5, 0.6) is 0 Å². The lowest BCUT2D eigenvalue weighted by atomic mass is 9.83. The third-order valence-corrected chi connectivity index (χ3v) is 9.38. The number of fused-ring (bicyclic) bond motifs is 1. The Morgan fingerprint density at radius 2 is 1.90 bits per heavy atom. The quantitative estimate of drug-likeness (QED) is 0.224. The Bertz CT molecular complexity index is 1540. The molecule has 2 aliphatic carbocycles. The molecule has 11 heteroatoms. The fourth-order valence-corrected chi connectivity index (χ4v) is 6.85. The van der Waals surface area contributed by atoms with Crippen molar-refractivity contribution >= 4 is 50.7 Å². The molecule has 0 aliphatic heterocycles. The summed E-state index contributed by atoms with van der Waals surface area (Å²) in [5.41, 5.74) is 1.14. The third-order valence-electron chi connectivity index (χ3n) is 7.49. The zero-order chi connectivity index (χ0) is 27.3. The van der Waals surface area contributed by atoms with Gasteiger partial charge in [-0.15, -0.1) is 11.3 Å². The predicted molar refractivity (Wildman–Crippen MR) is 146 cm³/mol. The number of rotatable bonds is 7. The first-order chi connectivity index (χ1) is 18.8. The van der Waals surface area contributed by atoms with Crippen molar-refractivity contribution in [1.29, 1.82) is 0 Å². The van der Waals surface area contributed by atoms with Gasteiger partial charge in [-0.2, -0.15) is 0 Å². The summed E-state index contributed by atoms with van der Waals surface area (Å²) in [6.07, 6.45) is 3.98. The summed E-state index contributed by atoms with van der Waals surface area (Å²) in [5.74, 6) is -0.297. The summed E-state index contributed by atoms with van der Waals surface area (Å²) in [4.78, 5) is 16.4. The smallest absolute Gasteiger partial charge is 0.340 e. The molecule has 0 atom stereocenters. The van der Waals surface area contributed by atoms with Gasteiger partial charge in [0.25, 0.3) is 0 Å². The highest BCUT2D eigenvalue weighted by molar-refractivity contribution is 7.18. The molecule has 2 saturated carbocycles. The van der Waals surface area contributed by atoms with E-state index in [1.807, 2.05) is 0 Å². The van der Waals surface area contributed by atoms with Crippen molar-refractivity contribution in [2.45, 2.75) is 62.8 Å². The molecular formula is C28H25Cl2FN2O5S. The lowest BCUT2D eigenvalue weighted by Crippen LogP contribution is -2.34. The number of benzene rings is 2. The lowest BCUT2D eigenvalue weighted by molar-refractivity contribution is -0.0640. The number of ether oxygens (including phenoxy) is 2. The fourth-order valence-electron chi connectivity index (χ4n) is 5.13. The van der Waals surface area contributed by atoms with Crippen LogP contribution in [-0.4, -0.2) is 34.4 Å². The molecule has 0 spiro atoms. The summed E-state index contributed by atoms with van der Waals surface area (Å²) in [5, 5.41) is 17.2. The van der Waals surface area contributed by atoms with Crippen molar-refractivity contribution in [3.8, 4) is 11.3 Å². The van der Waals surface area contributed by atoms with Crippen LogP contribution in [0.2, 0.25) is 10.0 Å². The third kappa shape index (κ3) is 4.95. The summed E-state index contributed by atoms with van der Waals surface area (Å²) in [6.45, 7) is 0.290. The van der Waals surface area contributed by atoms with Gasteiger partial charge in [0.2, 0.25) is 0 Å². The Hall–Kier alpha value is -2.56. The van der Waals surface area contributed by atoms with Crippen LogP contribution in [0, 0.1) is 5.82 Å². The number of hydrogen-bond acceptors (Lipinski definition) is 8. The first kappa shape index (κ1) is 26.7. The average molecular weight is 591 g/mol. The average Bonchev–Trinajstić information content (AvgIpc) is 3.53. The molecule has 2 fully saturated rings. The SMILES string of the molecule is COC(=O)c1ccc2nc(C3(O)CCC(OCc4c(-c5c(Cl)cccc5Cl)noc4C4CC4)CC3)sc2c1F. The van der Waals surface area contributed by atoms with Crippen LogP contribution < -0.4 is 0 Å². The van der Waals surface area contributed by atoms with Gasteiger partial charge in [0.1, 0.15) is 22.1 Å². The Balaban J connectivity index is 1.17. The molecule has 0 saturated heterocycles. The van der Waals surface area contributed by atoms with E-state index >= 15 is 0 Å². The van der Waals surface area contributed by atoms with Crippen molar-refractivity contribution in [3.05, 3.63) is 68.1 Å². The van der Waals surface area contributed by atoms with E-state index in [1.165, 1.54) is 13.2 Å². The molecular weight excluding hydrogens is 566 g/mol. The van der Waals surface area contributed by atoms with E-state index in [9.17, 15) is 14.3 Å². The van der Waals surface area contributed by atoms with Crippen molar-refractivity contribution in [2.24, 2.45) is 0 Å². The molecule has 2 heterocycles. The predicted octanol–water partition coefficient (Wildman–Crippen LogP) is 7.41. The molecule has 4 aromatic rings. The standard InChI is InChI=1S/C28H25Cl2FN2O5S/c1-36-26(34)16-7-8-20-25(22(16)31)39-27(32-20)28(35)11-9-15(10-12-28)37-13-17-23(33-38-24(17)14-5-6-14)21-18(29)3-2-4-19(21)30/h2-4,7-8,14-15,35H,5-6,9-13H2,1H3. The number of aliphatic hydroxyl groups is 1. The molecule has 204 valence electrons. The van der Waals surface area contributed by atoms with E-state index in [4.69, 9.17) is 32.5 Å². The molecule has 0 unspecified atom stereocenters. The van der Waals surface area contributed by atoms with Gasteiger partial charge in [0, 0.05) is 17.0 Å². The Morgan fingerprint density at radius 3 is 2.56 bits per heavy atom. The van der Waals surface area contributed by atoms with Crippen molar-refractivity contribution in [3.63, 3.8) is 0 Å². The van der Waals surface area contributed by atoms with E-state index in [0.717, 1.165) is 35.5 Å². The maximum absolute atomic E-state index is 14.9. The van der Waals surface area contributed by atoms with Crippen LogP contribution in [0.3, 0.4) is 0 Å². The monoisotopic (exact) mass is 590 g/mol. The Labute approximate surface area is 237 Å². The first-order valence-corrected chi connectivity index (χ1v) is 14.3. The Morgan fingerprint density at radius 1 is 1.18 bits per heavy atom. The number of nitrogens with zero attached hydrogens (tertiary/aromatic N) is 2. The number of hydrogen-bond donors (Lipinski definition) is 1. The second-order valence-corrected chi connectivity index (χ2v) is 11.9. The van der Waals surface area contributed by atoms with E-state index in [-0.39, 0.29) is 23.0 Å². The summed E-state index contributed by atoms with van der Waals surface area (Å²) < 4.78 is 31.9. The van der Waals surface area contributed by atoms with Crippen LogP contribution in [0.1, 0.15) is 71.1 Å². The Kier molecular flexibility index (Phi) is 7.14. The highest BCUT2D eigenvalue weighted by Crippen LogP contribution is 2.47. The molecule has 0 bridgehead atoms. The minimum absolute atomic E-state index is 0.0983. The zero-order valence-corrected chi connectivity index (χ0v) is 23.3. The number of aromatic nitrogens is 2. The number of esters is 1. The molecule has 0 radical (unpaired) electrons. The number of carbonyl (C=O) groups excluding carboxylic acids is 1. The van der Waals surface area contributed by atoms with Crippen LogP contribution in [0.4, 0.5) is 4.39 Å². The van der Waals surface area contributed by atoms with Gasteiger partial charge in [-0.05, 0) is 62.8 Å². The molecule has 2 aromatic heterocycles. The van der Waals surface area contributed by atoms with E-state index in [1.54, 1.807) is 24.3 Å². The van der Waals surface area contributed by atoms with E-state index in [0.29, 0.717) is 63.4 Å². The minimum Gasteiger partial charge on any atom is -0.465 e. The fraction of sp³-hybridized carbons (Fsp3) is 0.393. The minimum atomic E-state index is -1.20. The second-order valence-electron chi connectivity index (χ2n) is 10.1. The van der Waals surface area contributed by atoms with Gasteiger partial charge in [-0.1, -0.05) is 34.4 Å².